The summed E-state index contributed by atoms with van der Waals surface area (Å²) in [5.41, 5.74) is 1.95. The van der Waals surface area contributed by atoms with Crippen LogP contribution in [0.2, 0.25) is 5.02 Å². The van der Waals surface area contributed by atoms with Crippen molar-refractivity contribution in [1.29, 1.82) is 0 Å². The molecule has 1 fully saturated rings. The highest BCUT2D eigenvalue weighted by atomic mass is 35.5. The Morgan fingerprint density at radius 2 is 1.92 bits per heavy atom. The van der Waals surface area contributed by atoms with Crippen molar-refractivity contribution in [2.24, 2.45) is 0 Å². The van der Waals surface area contributed by atoms with Crippen molar-refractivity contribution in [2.75, 3.05) is 13.7 Å². The number of aliphatic carboxylic acids is 1. The molecule has 0 bridgehead atoms. The molecule has 2 unspecified atom stereocenters. The topological polar surface area (TPSA) is 49.8 Å². The number of rotatable bonds is 5. The highest BCUT2D eigenvalue weighted by Gasteiger charge is 2.35. The van der Waals surface area contributed by atoms with Crippen molar-refractivity contribution < 1.29 is 14.6 Å². The fourth-order valence-corrected chi connectivity index (χ4v) is 3.80. The van der Waals surface area contributed by atoms with Crippen LogP contribution in [-0.2, 0) is 4.79 Å². The summed E-state index contributed by atoms with van der Waals surface area (Å²) < 4.78 is 5.25. The fourth-order valence-electron chi connectivity index (χ4n) is 3.56. The molecular weight excluding hydrogens is 338 g/mol. The predicted octanol–water partition coefficient (Wildman–Crippen LogP) is 4.38. The van der Waals surface area contributed by atoms with E-state index in [-0.39, 0.29) is 6.04 Å². The summed E-state index contributed by atoms with van der Waals surface area (Å²) in [5, 5.41) is 10.4. The van der Waals surface area contributed by atoms with Crippen molar-refractivity contribution in [2.45, 2.75) is 31.3 Å². The number of carboxylic acid groups (broad SMARTS) is 1. The quantitative estimate of drug-likeness (QED) is 0.860. The number of ether oxygens (including phenoxy) is 1. The molecule has 1 aliphatic rings. The second-order valence-corrected chi connectivity index (χ2v) is 6.69. The Hall–Kier alpha value is -2.04. The molecule has 1 saturated heterocycles. The summed E-state index contributed by atoms with van der Waals surface area (Å²) in [6.45, 7) is 0.735. The molecular formula is C20H22ClNO3. The Balaban J connectivity index is 2.07. The maximum absolute atomic E-state index is 11.8. The maximum atomic E-state index is 11.8. The third-order valence-corrected chi connectivity index (χ3v) is 5.14. The van der Waals surface area contributed by atoms with Gasteiger partial charge >= 0.3 is 5.97 Å². The molecule has 2 aromatic carbocycles. The van der Waals surface area contributed by atoms with E-state index < -0.39 is 12.0 Å². The van der Waals surface area contributed by atoms with Gasteiger partial charge in [-0.2, -0.15) is 0 Å². The van der Waals surface area contributed by atoms with Crippen LogP contribution in [0.1, 0.15) is 36.4 Å². The molecule has 1 aliphatic heterocycles. The van der Waals surface area contributed by atoms with Crippen LogP contribution in [0, 0.1) is 0 Å². The lowest BCUT2D eigenvalue weighted by atomic mass is 9.91. The van der Waals surface area contributed by atoms with Gasteiger partial charge in [0.1, 0.15) is 11.8 Å². The number of carboxylic acids is 1. The molecule has 1 N–H and O–H groups in total. The molecule has 0 aromatic heterocycles. The third kappa shape index (κ3) is 3.80. The third-order valence-electron chi connectivity index (χ3n) is 4.79. The molecule has 5 heteroatoms. The molecule has 0 amide bonds. The van der Waals surface area contributed by atoms with E-state index in [0.29, 0.717) is 11.4 Å². The number of hydrogen-bond donors (Lipinski definition) is 1. The van der Waals surface area contributed by atoms with Crippen LogP contribution in [0.15, 0.2) is 48.5 Å². The van der Waals surface area contributed by atoms with Gasteiger partial charge in [-0.3, -0.25) is 9.69 Å². The van der Waals surface area contributed by atoms with Crippen molar-refractivity contribution in [3.05, 3.63) is 64.7 Å². The summed E-state index contributed by atoms with van der Waals surface area (Å²) in [4.78, 5) is 13.9. The molecule has 1 heterocycles. The SMILES string of the molecule is COc1ccc(C(c2ccccc2Cl)N2CCCCC2C(=O)O)cc1. The van der Waals surface area contributed by atoms with Crippen LogP contribution in [0.25, 0.3) is 0 Å². The van der Waals surface area contributed by atoms with Crippen LogP contribution in [-0.4, -0.2) is 35.7 Å². The van der Waals surface area contributed by atoms with Crippen LogP contribution in [0.5, 0.6) is 5.75 Å². The normalized spacial score (nSPS) is 19.4. The van der Waals surface area contributed by atoms with Crippen molar-refractivity contribution in [3.63, 3.8) is 0 Å². The first-order chi connectivity index (χ1) is 12.1. The second-order valence-electron chi connectivity index (χ2n) is 6.28. The lowest BCUT2D eigenvalue weighted by Crippen LogP contribution is -2.46. The van der Waals surface area contributed by atoms with Gasteiger partial charge in [0.2, 0.25) is 0 Å². The molecule has 2 atom stereocenters. The van der Waals surface area contributed by atoms with Gasteiger partial charge in [0.15, 0.2) is 0 Å². The number of methoxy groups -OCH3 is 1. The molecule has 4 nitrogen and oxygen atoms in total. The lowest BCUT2D eigenvalue weighted by molar-refractivity contribution is -0.145. The zero-order valence-electron chi connectivity index (χ0n) is 14.2. The Bertz CT molecular complexity index is 732. The monoisotopic (exact) mass is 359 g/mol. The molecule has 2 aromatic rings. The van der Waals surface area contributed by atoms with E-state index in [9.17, 15) is 9.90 Å². The van der Waals surface area contributed by atoms with Crippen LogP contribution >= 0.6 is 11.6 Å². The minimum absolute atomic E-state index is 0.194. The van der Waals surface area contributed by atoms with Crippen molar-refractivity contribution in [1.82, 2.24) is 4.90 Å². The van der Waals surface area contributed by atoms with Gasteiger partial charge in [-0.1, -0.05) is 48.4 Å². The average Bonchev–Trinajstić information content (AvgIpc) is 2.64. The minimum Gasteiger partial charge on any atom is -0.497 e. The number of carbonyl (C=O) groups is 1. The van der Waals surface area contributed by atoms with E-state index in [1.165, 1.54) is 0 Å². The van der Waals surface area contributed by atoms with E-state index in [1.807, 2.05) is 48.5 Å². The van der Waals surface area contributed by atoms with Gasteiger partial charge in [-0.15, -0.1) is 0 Å². The highest BCUT2D eigenvalue weighted by molar-refractivity contribution is 6.31. The standard InChI is InChI=1S/C20H22ClNO3/c1-25-15-11-9-14(10-12-15)19(16-6-2-3-7-17(16)21)22-13-5-4-8-18(22)20(23)24/h2-3,6-7,9-12,18-19H,4-5,8,13H2,1H3,(H,23,24). The van der Waals surface area contributed by atoms with Gasteiger partial charge in [-0.25, -0.2) is 0 Å². The summed E-state index contributed by atoms with van der Waals surface area (Å²) in [6, 6.07) is 14.7. The van der Waals surface area contributed by atoms with Crippen LogP contribution < -0.4 is 4.74 Å². The molecule has 25 heavy (non-hydrogen) atoms. The predicted molar refractivity (Wildman–Crippen MR) is 98.3 cm³/mol. The average molecular weight is 360 g/mol. The second kappa shape index (κ2) is 7.89. The van der Waals surface area contributed by atoms with Gasteiger partial charge in [0.25, 0.3) is 0 Å². The number of nitrogens with zero attached hydrogens (tertiary/aromatic N) is 1. The van der Waals surface area contributed by atoms with Gasteiger partial charge in [0.05, 0.1) is 13.2 Å². The Morgan fingerprint density at radius 1 is 1.20 bits per heavy atom. The van der Waals surface area contributed by atoms with Crippen LogP contribution in [0.4, 0.5) is 0 Å². The van der Waals surface area contributed by atoms with E-state index in [0.717, 1.165) is 36.3 Å². The lowest BCUT2D eigenvalue weighted by Gasteiger charge is -2.40. The number of likely N-dealkylation sites (tertiary alicyclic amines) is 1. The first-order valence-electron chi connectivity index (χ1n) is 8.48. The summed E-state index contributed by atoms with van der Waals surface area (Å²) in [7, 11) is 1.63. The molecule has 132 valence electrons. The molecule has 0 radical (unpaired) electrons. The molecule has 0 aliphatic carbocycles. The van der Waals surface area contributed by atoms with E-state index in [4.69, 9.17) is 16.3 Å². The number of hydrogen-bond acceptors (Lipinski definition) is 3. The van der Waals surface area contributed by atoms with Crippen LogP contribution in [0.3, 0.4) is 0 Å². The maximum Gasteiger partial charge on any atom is 0.320 e. The fraction of sp³-hybridized carbons (Fsp3) is 0.350. The van der Waals surface area contributed by atoms with Crippen molar-refractivity contribution in [3.8, 4) is 5.75 Å². The highest BCUT2D eigenvalue weighted by Crippen LogP contribution is 2.37. The van der Waals surface area contributed by atoms with Gasteiger partial charge in [-0.05, 0) is 48.7 Å². The zero-order chi connectivity index (χ0) is 17.8. The summed E-state index contributed by atoms with van der Waals surface area (Å²) in [5.74, 6) is 0.000326. The van der Waals surface area contributed by atoms with Gasteiger partial charge in [0, 0.05) is 5.02 Å². The number of benzene rings is 2. The molecule has 3 rings (SSSR count). The van der Waals surface area contributed by atoms with E-state index >= 15 is 0 Å². The molecule has 0 saturated carbocycles. The van der Waals surface area contributed by atoms with E-state index in [2.05, 4.69) is 4.90 Å². The first-order valence-corrected chi connectivity index (χ1v) is 8.86. The Labute approximate surface area is 153 Å². The Morgan fingerprint density at radius 3 is 2.56 bits per heavy atom. The largest absolute Gasteiger partial charge is 0.497 e. The number of halogens is 1. The zero-order valence-corrected chi connectivity index (χ0v) is 14.9. The van der Waals surface area contributed by atoms with Crippen molar-refractivity contribution >= 4 is 17.6 Å². The number of piperidine rings is 1. The molecule has 0 spiro atoms. The van der Waals surface area contributed by atoms with Gasteiger partial charge < -0.3 is 9.84 Å². The summed E-state index contributed by atoms with van der Waals surface area (Å²) in [6.07, 6.45) is 2.58. The minimum atomic E-state index is -0.773. The first kappa shape index (κ1) is 17.8. The Kier molecular flexibility index (Phi) is 5.61. The van der Waals surface area contributed by atoms with E-state index in [1.54, 1.807) is 7.11 Å². The summed E-state index contributed by atoms with van der Waals surface area (Å²) >= 11 is 6.48. The smallest absolute Gasteiger partial charge is 0.320 e.